The molecule has 2 aliphatic heterocycles. The molecule has 1 aliphatic carbocycles. The van der Waals surface area contributed by atoms with E-state index in [-0.39, 0.29) is 48.4 Å². The molecule has 2 aromatic heterocycles. The first-order valence-electron chi connectivity index (χ1n) is 13.2. The molecule has 1 spiro atoms. The second-order valence-corrected chi connectivity index (χ2v) is 10.5. The minimum absolute atomic E-state index is 0.0342. The van der Waals surface area contributed by atoms with Crippen molar-refractivity contribution in [1.29, 1.82) is 0 Å². The first kappa shape index (κ1) is 26.9. The van der Waals surface area contributed by atoms with Crippen molar-refractivity contribution < 1.29 is 32.6 Å². The zero-order valence-corrected chi connectivity index (χ0v) is 22.7. The van der Waals surface area contributed by atoms with Crippen molar-refractivity contribution in [3.63, 3.8) is 0 Å². The van der Waals surface area contributed by atoms with Crippen molar-refractivity contribution in [2.75, 3.05) is 44.2 Å². The molecule has 1 amide bonds. The van der Waals surface area contributed by atoms with E-state index in [1.807, 2.05) is 6.07 Å². The van der Waals surface area contributed by atoms with Crippen LogP contribution in [0.4, 0.5) is 20.2 Å². The Kier molecular flexibility index (Phi) is 6.72. The van der Waals surface area contributed by atoms with E-state index in [2.05, 4.69) is 22.0 Å². The van der Waals surface area contributed by atoms with Gasteiger partial charge in [0.2, 0.25) is 5.91 Å². The van der Waals surface area contributed by atoms with Gasteiger partial charge >= 0.3 is 0 Å². The van der Waals surface area contributed by atoms with Gasteiger partial charge in [0.1, 0.15) is 17.2 Å². The van der Waals surface area contributed by atoms with Crippen LogP contribution >= 0.6 is 0 Å². The normalized spacial score (nSPS) is 21.1. The molecule has 41 heavy (non-hydrogen) atoms. The lowest BCUT2D eigenvalue weighted by molar-refractivity contribution is -0.112. The predicted molar refractivity (Wildman–Crippen MR) is 145 cm³/mol. The number of pyridine rings is 1. The lowest BCUT2D eigenvalue weighted by atomic mass is 9.86. The number of carbonyl (C=O) groups is 2. The van der Waals surface area contributed by atoms with Gasteiger partial charge in [-0.25, -0.2) is 8.78 Å². The van der Waals surface area contributed by atoms with Crippen LogP contribution in [0.5, 0.6) is 11.5 Å². The number of halogens is 2. The minimum Gasteiger partial charge on any atom is -0.493 e. The molecule has 1 N–H and O–H groups in total. The number of benzene rings is 1. The van der Waals surface area contributed by atoms with Crippen LogP contribution in [0.3, 0.4) is 0 Å². The Morgan fingerprint density at radius 1 is 1.24 bits per heavy atom. The van der Waals surface area contributed by atoms with E-state index < -0.39 is 23.0 Å². The summed E-state index contributed by atoms with van der Waals surface area (Å²) in [6.45, 7) is 5.57. The molecule has 12 heteroatoms. The molecular formula is C29H29F2N5O5. The molecule has 3 aliphatic rings. The number of anilines is 2. The summed E-state index contributed by atoms with van der Waals surface area (Å²) in [5, 5.41) is 7.31. The second kappa shape index (κ2) is 10.3. The number of nitrogens with one attached hydrogen (secondary N) is 1. The monoisotopic (exact) mass is 565 g/mol. The van der Waals surface area contributed by atoms with Gasteiger partial charge in [-0.15, -0.1) is 0 Å². The number of nitrogens with zero attached hydrogens (tertiary/aromatic N) is 4. The number of aromatic nitrogens is 3. The Bertz CT molecular complexity index is 1540. The van der Waals surface area contributed by atoms with Gasteiger partial charge in [0.05, 0.1) is 43.8 Å². The molecule has 2 unspecified atom stereocenters. The zero-order chi connectivity index (χ0) is 28.9. The zero-order valence-electron chi connectivity index (χ0n) is 22.7. The number of hydrogen-bond donors (Lipinski definition) is 1. The summed E-state index contributed by atoms with van der Waals surface area (Å²) >= 11 is 0. The summed E-state index contributed by atoms with van der Waals surface area (Å²) in [5.41, 5.74) is 1.72. The van der Waals surface area contributed by atoms with Gasteiger partial charge in [0.25, 0.3) is 0 Å². The molecule has 2 atom stereocenters. The van der Waals surface area contributed by atoms with E-state index in [4.69, 9.17) is 14.2 Å². The maximum Gasteiger partial charge on any atom is 0.247 e. The van der Waals surface area contributed by atoms with Crippen molar-refractivity contribution >= 4 is 23.1 Å². The van der Waals surface area contributed by atoms with E-state index in [1.54, 1.807) is 17.1 Å². The predicted octanol–water partition coefficient (Wildman–Crippen LogP) is 3.63. The molecule has 1 aromatic carbocycles. The lowest BCUT2D eigenvalue weighted by Gasteiger charge is -2.36. The number of hydrogen-bond acceptors (Lipinski definition) is 8. The summed E-state index contributed by atoms with van der Waals surface area (Å²) in [6.07, 6.45) is 5.47. The van der Waals surface area contributed by atoms with Crippen molar-refractivity contribution in [3.05, 3.63) is 59.9 Å². The molecule has 3 aromatic rings. The molecule has 0 bridgehead atoms. The maximum absolute atomic E-state index is 15.4. The third kappa shape index (κ3) is 4.51. The Labute approximate surface area is 234 Å². The fourth-order valence-corrected chi connectivity index (χ4v) is 5.83. The van der Waals surface area contributed by atoms with Crippen LogP contribution < -0.4 is 19.7 Å². The molecular weight excluding hydrogens is 536 g/mol. The Balaban J connectivity index is 1.42. The standard InChI is InChI=1S/C29H29F2N5O5/c1-4-24(38)34-20-11-33-36(12-16-5-6-41-14-16)27(20)19-7-18-17(10-32-19)13-35(15-29(18)9-23(29)37)28-25(30)21(39-2)8-22(40-3)26(28)31/h4,7-8,10-11,16H,1,5-6,9,12-15H2,2-3H3,(H,34,38). The topological polar surface area (TPSA) is 108 Å². The van der Waals surface area contributed by atoms with Gasteiger partial charge in [-0.2, -0.15) is 5.10 Å². The van der Waals surface area contributed by atoms with Crippen LogP contribution in [0.1, 0.15) is 24.0 Å². The number of ether oxygens (including phenoxy) is 3. The largest absolute Gasteiger partial charge is 0.493 e. The molecule has 6 rings (SSSR count). The highest BCUT2D eigenvalue weighted by molar-refractivity contribution is 6.08. The average molecular weight is 566 g/mol. The Morgan fingerprint density at radius 3 is 2.59 bits per heavy atom. The fourth-order valence-electron chi connectivity index (χ4n) is 5.83. The van der Waals surface area contributed by atoms with Crippen LogP contribution in [0, 0.1) is 17.6 Å². The third-order valence-electron chi connectivity index (χ3n) is 8.04. The number of rotatable bonds is 8. The molecule has 10 nitrogen and oxygen atoms in total. The Hall–Kier alpha value is -4.32. The number of fused-ring (bicyclic) bond motifs is 2. The highest BCUT2D eigenvalue weighted by Crippen LogP contribution is 2.52. The van der Waals surface area contributed by atoms with Crippen molar-refractivity contribution in [3.8, 4) is 22.9 Å². The quantitative estimate of drug-likeness (QED) is 0.413. The van der Waals surface area contributed by atoms with E-state index >= 15 is 8.78 Å². The van der Waals surface area contributed by atoms with Gasteiger partial charge in [0.15, 0.2) is 23.1 Å². The molecule has 1 saturated heterocycles. The van der Waals surface area contributed by atoms with Crippen LogP contribution in [-0.2, 0) is 32.8 Å². The maximum atomic E-state index is 15.4. The minimum atomic E-state index is -0.949. The van der Waals surface area contributed by atoms with Crippen LogP contribution in [0.2, 0.25) is 0 Å². The van der Waals surface area contributed by atoms with Crippen LogP contribution in [0.25, 0.3) is 11.4 Å². The summed E-state index contributed by atoms with van der Waals surface area (Å²) in [4.78, 5) is 31.4. The van der Waals surface area contributed by atoms with E-state index in [0.29, 0.717) is 42.4 Å². The van der Waals surface area contributed by atoms with Gasteiger partial charge < -0.3 is 24.4 Å². The second-order valence-electron chi connectivity index (χ2n) is 10.5. The highest BCUT2D eigenvalue weighted by Gasteiger charge is 2.59. The van der Waals surface area contributed by atoms with Gasteiger partial charge in [-0.1, -0.05) is 6.58 Å². The fraction of sp³-hybridized carbons (Fsp3) is 0.379. The van der Waals surface area contributed by atoms with Gasteiger partial charge in [0, 0.05) is 50.8 Å². The molecule has 0 radical (unpaired) electrons. The number of ketones is 1. The first-order valence-corrected chi connectivity index (χ1v) is 13.2. The summed E-state index contributed by atoms with van der Waals surface area (Å²) in [5.74, 6) is -2.24. The lowest BCUT2D eigenvalue weighted by Crippen LogP contribution is -2.40. The summed E-state index contributed by atoms with van der Waals surface area (Å²) in [7, 11) is 2.58. The molecule has 2 fully saturated rings. The average Bonchev–Trinajstić information content (AvgIpc) is 3.29. The number of methoxy groups -OCH3 is 2. The highest BCUT2D eigenvalue weighted by atomic mass is 19.1. The van der Waals surface area contributed by atoms with E-state index in [0.717, 1.165) is 18.1 Å². The number of amides is 1. The number of Topliss-reactive ketones (excluding diaryl/α,β-unsaturated/α-hetero) is 1. The van der Waals surface area contributed by atoms with E-state index in [1.165, 1.54) is 25.2 Å². The SMILES string of the molecule is C=CC(=O)Nc1cnn(CC2CCOC2)c1-c1cc2c(cn1)CN(c1c(F)c(OC)cc(OC)c1F)CC21CC1=O. The third-order valence-corrected chi connectivity index (χ3v) is 8.04. The Morgan fingerprint density at radius 2 is 1.98 bits per heavy atom. The van der Waals surface area contributed by atoms with Crippen molar-refractivity contribution in [2.45, 2.75) is 31.3 Å². The molecule has 4 heterocycles. The number of carbonyl (C=O) groups excluding carboxylic acids is 2. The van der Waals surface area contributed by atoms with Gasteiger partial charge in [-0.05, 0) is 29.7 Å². The van der Waals surface area contributed by atoms with Crippen LogP contribution in [-0.4, -0.2) is 60.4 Å². The van der Waals surface area contributed by atoms with Crippen molar-refractivity contribution in [2.24, 2.45) is 5.92 Å². The summed E-state index contributed by atoms with van der Waals surface area (Å²) in [6, 6.07) is 2.99. The van der Waals surface area contributed by atoms with Crippen molar-refractivity contribution in [1.82, 2.24) is 14.8 Å². The molecule has 1 saturated carbocycles. The van der Waals surface area contributed by atoms with Gasteiger partial charge in [-0.3, -0.25) is 19.3 Å². The van der Waals surface area contributed by atoms with Crippen LogP contribution in [0.15, 0.2) is 37.2 Å². The smallest absolute Gasteiger partial charge is 0.247 e. The summed E-state index contributed by atoms with van der Waals surface area (Å²) < 4.78 is 48.3. The van der Waals surface area contributed by atoms with E-state index in [9.17, 15) is 9.59 Å². The molecule has 214 valence electrons. The first-order chi connectivity index (χ1) is 19.8.